The Morgan fingerprint density at radius 3 is 2.20 bits per heavy atom. The van der Waals surface area contributed by atoms with Crippen LogP contribution in [0.2, 0.25) is 0 Å². The lowest BCUT2D eigenvalue weighted by Crippen LogP contribution is -2.40. The number of hydrogen-bond acceptors (Lipinski definition) is 5. The summed E-state index contributed by atoms with van der Waals surface area (Å²) in [5.41, 5.74) is -0.0982. The Labute approximate surface area is 146 Å². The Bertz CT molecular complexity index is 884. The zero-order valence-corrected chi connectivity index (χ0v) is 15.3. The van der Waals surface area contributed by atoms with Crippen molar-refractivity contribution in [2.24, 2.45) is 0 Å². The normalized spacial score (nSPS) is 12.0. The van der Waals surface area contributed by atoms with Crippen molar-refractivity contribution in [3.8, 4) is 11.5 Å². The number of nitro benzene ring substituents is 1. The first-order chi connectivity index (χ1) is 11.5. The van der Waals surface area contributed by atoms with E-state index in [0.717, 1.165) is 11.6 Å². The third kappa shape index (κ3) is 5.01. The Hall–Kier alpha value is -2.45. The van der Waals surface area contributed by atoms with Crippen LogP contribution in [0.1, 0.15) is 26.3 Å². The molecule has 0 bridgehead atoms. The van der Waals surface area contributed by atoms with E-state index in [1.54, 1.807) is 32.9 Å². The average molecular weight is 364 g/mol. The highest BCUT2D eigenvalue weighted by Gasteiger charge is 2.26. The van der Waals surface area contributed by atoms with Crippen LogP contribution in [0, 0.1) is 17.0 Å². The van der Waals surface area contributed by atoms with Gasteiger partial charge >= 0.3 is 5.69 Å². The van der Waals surface area contributed by atoms with Crippen molar-refractivity contribution in [3.05, 3.63) is 58.1 Å². The van der Waals surface area contributed by atoms with E-state index in [4.69, 9.17) is 4.74 Å². The zero-order chi connectivity index (χ0) is 18.8. The fraction of sp³-hybridized carbons (Fsp3) is 0.294. The fourth-order valence-corrected chi connectivity index (χ4v) is 3.53. The van der Waals surface area contributed by atoms with Gasteiger partial charge in [0.1, 0.15) is 5.75 Å². The molecule has 0 aliphatic carbocycles. The summed E-state index contributed by atoms with van der Waals surface area (Å²) in [6.07, 6.45) is 0. The third-order valence-corrected chi connectivity index (χ3v) is 4.88. The molecular weight excluding hydrogens is 344 g/mol. The summed E-state index contributed by atoms with van der Waals surface area (Å²) in [4.78, 5) is 10.5. The molecule has 7 nitrogen and oxygen atoms in total. The summed E-state index contributed by atoms with van der Waals surface area (Å²) < 4.78 is 32.7. The van der Waals surface area contributed by atoms with Gasteiger partial charge in [-0.2, -0.15) is 0 Å². The molecule has 25 heavy (non-hydrogen) atoms. The van der Waals surface area contributed by atoms with E-state index in [9.17, 15) is 18.5 Å². The maximum absolute atomic E-state index is 12.4. The van der Waals surface area contributed by atoms with Gasteiger partial charge < -0.3 is 4.74 Å². The van der Waals surface area contributed by atoms with Crippen molar-refractivity contribution in [1.29, 1.82) is 0 Å². The van der Waals surface area contributed by atoms with Crippen LogP contribution < -0.4 is 9.46 Å². The Morgan fingerprint density at radius 1 is 1.08 bits per heavy atom. The highest BCUT2D eigenvalue weighted by Crippen LogP contribution is 2.33. The lowest BCUT2D eigenvalue weighted by atomic mass is 10.1. The van der Waals surface area contributed by atoms with Gasteiger partial charge in [0.25, 0.3) is 0 Å². The molecule has 0 radical (unpaired) electrons. The topological polar surface area (TPSA) is 98.5 Å². The van der Waals surface area contributed by atoms with Gasteiger partial charge in [-0.25, -0.2) is 13.1 Å². The molecule has 0 spiro atoms. The standard InChI is InChI=1S/C17H20N2O5S/c1-12-5-7-13(8-6-12)24-16-10-9-14(11-15(16)19(20)21)25(22,23)18-17(2,3)4/h5-11,18H,1-4H3. The van der Waals surface area contributed by atoms with Gasteiger partial charge in [-0.15, -0.1) is 0 Å². The average Bonchev–Trinajstić information content (AvgIpc) is 2.47. The maximum Gasteiger partial charge on any atom is 0.312 e. The van der Waals surface area contributed by atoms with Crippen LogP contribution in [0.25, 0.3) is 0 Å². The van der Waals surface area contributed by atoms with Crippen molar-refractivity contribution in [2.45, 2.75) is 38.1 Å². The van der Waals surface area contributed by atoms with E-state index in [1.165, 1.54) is 12.1 Å². The first-order valence-electron chi connectivity index (χ1n) is 7.55. The van der Waals surface area contributed by atoms with E-state index in [1.807, 2.05) is 19.1 Å². The minimum atomic E-state index is -3.88. The molecule has 0 amide bonds. The number of nitrogens with one attached hydrogen (secondary N) is 1. The second kappa shape index (κ2) is 6.81. The van der Waals surface area contributed by atoms with Crippen LogP contribution in [-0.4, -0.2) is 18.9 Å². The van der Waals surface area contributed by atoms with Crippen LogP contribution >= 0.6 is 0 Å². The summed E-state index contributed by atoms with van der Waals surface area (Å²) in [5, 5.41) is 11.3. The predicted octanol–water partition coefficient (Wildman–Crippen LogP) is 3.77. The van der Waals surface area contributed by atoms with E-state index in [-0.39, 0.29) is 10.6 Å². The third-order valence-electron chi connectivity index (χ3n) is 3.13. The minimum absolute atomic E-state index is 0.0245. The fourth-order valence-electron chi connectivity index (χ4n) is 2.09. The van der Waals surface area contributed by atoms with Crippen LogP contribution in [0.15, 0.2) is 47.4 Å². The van der Waals surface area contributed by atoms with Crippen LogP contribution in [0.3, 0.4) is 0 Å². The zero-order valence-electron chi connectivity index (χ0n) is 14.4. The van der Waals surface area contributed by atoms with Crippen molar-refractivity contribution < 1.29 is 18.1 Å². The van der Waals surface area contributed by atoms with Crippen molar-refractivity contribution >= 4 is 15.7 Å². The van der Waals surface area contributed by atoms with Gasteiger partial charge in [0.2, 0.25) is 15.8 Å². The molecule has 0 heterocycles. The SMILES string of the molecule is Cc1ccc(Oc2ccc(S(=O)(=O)NC(C)(C)C)cc2[N+](=O)[O-])cc1. The molecule has 0 saturated carbocycles. The smallest absolute Gasteiger partial charge is 0.312 e. The Balaban J connectivity index is 2.41. The minimum Gasteiger partial charge on any atom is -0.450 e. The molecule has 0 aromatic heterocycles. The van der Waals surface area contributed by atoms with Crippen LogP contribution in [0.5, 0.6) is 11.5 Å². The second-order valence-electron chi connectivity index (χ2n) is 6.66. The van der Waals surface area contributed by atoms with Crippen LogP contribution in [0.4, 0.5) is 5.69 Å². The highest BCUT2D eigenvalue weighted by atomic mass is 32.2. The lowest BCUT2D eigenvalue weighted by molar-refractivity contribution is -0.385. The first kappa shape index (κ1) is 18.9. The van der Waals surface area contributed by atoms with Crippen molar-refractivity contribution in [2.75, 3.05) is 0 Å². The van der Waals surface area contributed by atoms with E-state index < -0.39 is 26.2 Å². The number of nitro groups is 1. The predicted molar refractivity (Wildman–Crippen MR) is 94.4 cm³/mol. The number of benzene rings is 2. The highest BCUT2D eigenvalue weighted by molar-refractivity contribution is 7.89. The maximum atomic E-state index is 12.4. The lowest BCUT2D eigenvalue weighted by Gasteiger charge is -2.20. The van der Waals surface area contributed by atoms with E-state index in [2.05, 4.69) is 4.72 Å². The molecule has 0 aliphatic heterocycles. The molecule has 0 aliphatic rings. The molecule has 0 fully saturated rings. The summed E-state index contributed by atoms with van der Waals surface area (Å²) in [6.45, 7) is 6.98. The molecule has 0 atom stereocenters. The number of ether oxygens (including phenoxy) is 1. The molecule has 2 aromatic carbocycles. The van der Waals surface area contributed by atoms with Crippen molar-refractivity contribution in [1.82, 2.24) is 4.72 Å². The number of sulfonamides is 1. The Morgan fingerprint density at radius 2 is 1.68 bits per heavy atom. The molecule has 0 unspecified atom stereocenters. The van der Waals surface area contributed by atoms with Gasteiger partial charge in [-0.3, -0.25) is 10.1 Å². The monoisotopic (exact) mass is 364 g/mol. The number of nitrogens with zero attached hydrogens (tertiary/aromatic N) is 1. The summed E-state index contributed by atoms with van der Waals surface area (Å²) in [5.74, 6) is 0.403. The largest absolute Gasteiger partial charge is 0.450 e. The summed E-state index contributed by atoms with van der Waals surface area (Å²) in [6, 6.07) is 10.6. The van der Waals surface area contributed by atoms with Gasteiger partial charge in [0, 0.05) is 11.6 Å². The molecule has 134 valence electrons. The van der Waals surface area contributed by atoms with E-state index >= 15 is 0 Å². The van der Waals surface area contributed by atoms with E-state index in [0.29, 0.717) is 5.75 Å². The summed E-state index contributed by atoms with van der Waals surface area (Å²) in [7, 11) is -3.88. The molecule has 8 heteroatoms. The van der Waals surface area contributed by atoms with Gasteiger partial charge in [0.05, 0.1) is 9.82 Å². The van der Waals surface area contributed by atoms with Crippen molar-refractivity contribution in [3.63, 3.8) is 0 Å². The quantitative estimate of drug-likeness (QED) is 0.643. The molecular formula is C17H20N2O5S. The number of hydrogen-bond donors (Lipinski definition) is 1. The van der Waals surface area contributed by atoms with Gasteiger partial charge in [-0.05, 0) is 52.0 Å². The second-order valence-corrected chi connectivity index (χ2v) is 8.34. The number of rotatable bonds is 5. The summed E-state index contributed by atoms with van der Waals surface area (Å²) >= 11 is 0. The van der Waals surface area contributed by atoms with Gasteiger partial charge in [0.15, 0.2) is 0 Å². The first-order valence-corrected chi connectivity index (χ1v) is 9.03. The molecule has 0 saturated heterocycles. The Kier molecular flexibility index (Phi) is 5.15. The number of aryl methyl sites for hydroxylation is 1. The van der Waals surface area contributed by atoms with Crippen LogP contribution in [-0.2, 0) is 10.0 Å². The molecule has 2 rings (SSSR count). The molecule has 1 N–H and O–H groups in total. The molecule has 2 aromatic rings. The van der Waals surface area contributed by atoms with Gasteiger partial charge in [-0.1, -0.05) is 17.7 Å².